The number of benzene rings is 2. The molecule has 2 aromatic carbocycles. The van der Waals surface area contributed by atoms with E-state index < -0.39 is 0 Å². The summed E-state index contributed by atoms with van der Waals surface area (Å²) >= 11 is 0. The summed E-state index contributed by atoms with van der Waals surface area (Å²) in [6, 6.07) is 16.8. The smallest absolute Gasteiger partial charge is 0.147 e. The normalized spacial score (nSPS) is 14.3. The van der Waals surface area contributed by atoms with Crippen LogP contribution in [0, 0.1) is 0 Å². The van der Waals surface area contributed by atoms with Crippen molar-refractivity contribution in [3.05, 3.63) is 60.3 Å². The second kappa shape index (κ2) is 4.77. The highest BCUT2D eigenvalue weighted by atomic mass is 15.0. The fourth-order valence-corrected chi connectivity index (χ4v) is 2.85. The van der Waals surface area contributed by atoms with Crippen LogP contribution in [-0.2, 0) is 0 Å². The van der Waals surface area contributed by atoms with Gasteiger partial charge in [-0.3, -0.25) is 0 Å². The number of fused-ring (bicyclic) bond motifs is 1. The molecule has 0 spiro atoms. The standard InChI is InChI=1S/C18H17N3/c19-18-17(6-3-11-20-18)21-16-10-9-13(12-7-8-12)14-4-1-2-5-15(14)16/h1-6,9-12,21H,7-8H2,(H2,19,20). The van der Waals surface area contributed by atoms with Crippen molar-refractivity contribution >= 4 is 28.0 Å². The first kappa shape index (κ1) is 12.2. The van der Waals surface area contributed by atoms with E-state index in [1.165, 1.54) is 29.2 Å². The lowest BCUT2D eigenvalue weighted by molar-refractivity contribution is 1.15. The van der Waals surface area contributed by atoms with Gasteiger partial charge >= 0.3 is 0 Å². The van der Waals surface area contributed by atoms with Gasteiger partial charge in [-0.2, -0.15) is 0 Å². The van der Waals surface area contributed by atoms with Crippen LogP contribution in [0.3, 0.4) is 0 Å². The molecule has 0 bridgehead atoms. The van der Waals surface area contributed by atoms with Gasteiger partial charge < -0.3 is 11.1 Å². The third kappa shape index (κ3) is 2.21. The predicted molar refractivity (Wildman–Crippen MR) is 87.9 cm³/mol. The summed E-state index contributed by atoms with van der Waals surface area (Å²) in [6.45, 7) is 0. The van der Waals surface area contributed by atoms with Gasteiger partial charge in [0.25, 0.3) is 0 Å². The minimum absolute atomic E-state index is 0.521. The summed E-state index contributed by atoms with van der Waals surface area (Å²) < 4.78 is 0. The van der Waals surface area contributed by atoms with E-state index in [0.29, 0.717) is 5.82 Å². The topological polar surface area (TPSA) is 50.9 Å². The van der Waals surface area contributed by atoms with Crippen LogP contribution >= 0.6 is 0 Å². The second-order valence-corrected chi connectivity index (χ2v) is 5.58. The second-order valence-electron chi connectivity index (χ2n) is 5.58. The van der Waals surface area contributed by atoms with E-state index in [-0.39, 0.29) is 0 Å². The van der Waals surface area contributed by atoms with Gasteiger partial charge in [-0.15, -0.1) is 0 Å². The molecule has 1 aliphatic rings. The van der Waals surface area contributed by atoms with E-state index in [0.717, 1.165) is 17.3 Å². The Hall–Kier alpha value is -2.55. The molecule has 0 amide bonds. The molecule has 1 fully saturated rings. The van der Waals surface area contributed by atoms with Gasteiger partial charge in [0.1, 0.15) is 5.82 Å². The Bertz CT molecular complexity index is 806. The maximum atomic E-state index is 5.93. The maximum absolute atomic E-state index is 5.93. The molecule has 1 heterocycles. The molecule has 3 heteroatoms. The lowest BCUT2D eigenvalue weighted by Crippen LogP contribution is -1.99. The minimum Gasteiger partial charge on any atom is -0.382 e. The average molecular weight is 275 g/mol. The number of nitrogens with one attached hydrogen (secondary N) is 1. The van der Waals surface area contributed by atoms with E-state index >= 15 is 0 Å². The molecule has 0 radical (unpaired) electrons. The van der Waals surface area contributed by atoms with Crippen LogP contribution in [0.4, 0.5) is 17.2 Å². The Kier molecular flexibility index (Phi) is 2.78. The quantitative estimate of drug-likeness (QED) is 0.743. The average Bonchev–Trinajstić information content (AvgIpc) is 3.34. The van der Waals surface area contributed by atoms with Gasteiger partial charge in [-0.25, -0.2) is 4.98 Å². The highest BCUT2D eigenvalue weighted by Crippen LogP contribution is 2.44. The largest absolute Gasteiger partial charge is 0.382 e. The van der Waals surface area contributed by atoms with Gasteiger partial charge in [0.15, 0.2) is 0 Å². The molecule has 1 aliphatic carbocycles. The van der Waals surface area contributed by atoms with Gasteiger partial charge in [-0.05, 0) is 47.9 Å². The number of aromatic nitrogens is 1. The number of hydrogen-bond acceptors (Lipinski definition) is 3. The number of hydrogen-bond donors (Lipinski definition) is 2. The Morgan fingerprint density at radius 3 is 2.48 bits per heavy atom. The van der Waals surface area contributed by atoms with Crippen LogP contribution in [-0.4, -0.2) is 4.98 Å². The molecule has 3 nitrogen and oxygen atoms in total. The number of pyridine rings is 1. The summed E-state index contributed by atoms with van der Waals surface area (Å²) in [5.41, 5.74) is 9.32. The van der Waals surface area contributed by atoms with Crippen molar-refractivity contribution in [2.45, 2.75) is 18.8 Å². The van der Waals surface area contributed by atoms with Crippen molar-refractivity contribution < 1.29 is 0 Å². The summed E-state index contributed by atoms with van der Waals surface area (Å²) in [6.07, 6.45) is 4.33. The highest BCUT2D eigenvalue weighted by molar-refractivity contribution is 5.98. The van der Waals surface area contributed by atoms with E-state index in [2.05, 4.69) is 46.7 Å². The third-order valence-corrected chi connectivity index (χ3v) is 4.08. The van der Waals surface area contributed by atoms with Gasteiger partial charge in [0, 0.05) is 17.3 Å². The van der Waals surface area contributed by atoms with Crippen LogP contribution in [0.2, 0.25) is 0 Å². The Balaban J connectivity index is 1.83. The van der Waals surface area contributed by atoms with Crippen LogP contribution in [0.1, 0.15) is 24.3 Å². The monoisotopic (exact) mass is 275 g/mol. The summed E-state index contributed by atoms with van der Waals surface area (Å²) in [7, 11) is 0. The van der Waals surface area contributed by atoms with Crippen LogP contribution < -0.4 is 11.1 Å². The number of nitrogens with zero attached hydrogens (tertiary/aromatic N) is 1. The van der Waals surface area contributed by atoms with Crippen LogP contribution in [0.25, 0.3) is 10.8 Å². The molecule has 3 aromatic rings. The molecule has 104 valence electrons. The lowest BCUT2D eigenvalue weighted by Gasteiger charge is -2.13. The molecular formula is C18H17N3. The van der Waals surface area contributed by atoms with Crippen molar-refractivity contribution in [2.75, 3.05) is 11.1 Å². The molecule has 0 atom stereocenters. The molecule has 0 aliphatic heterocycles. The van der Waals surface area contributed by atoms with Crippen molar-refractivity contribution in [1.29, 1.82) is 0 Å². The minimum atomic E-state index is 0.521. The number of nitrogens with two attached hydrogens (primary N) is 1. The number of anilines is 3. The number of rotatable bonds is 3. The predicted octanol–water partition coefficient (Wildman–Crippen LogP) is 4.44. The van der Waals surface area contributed by atoms with Gasteiger partial charge in [-0.1, -0.05) is 30.3 Å². The molecule has 3 N–H and O–H groups in total. The van der Waals surface area contributed by atoms with Crippen molar-refractivity contribution in [2.24, 2.45) is 0 Å². The summed E-state index contributed by atoms with van der Waals surface area (Å²) in [4.78, 5) is 4.13. The van der Waals surface area contributed by atoms with E-state index in [9.17, 15) is 0 Å². The van der Waals surface area contributed by atoms with Crippen LogP contribution in [0.15, 0.2) is 54.7 Å². The molecule has 0 saturated heterocycles. The summed E-state index contributed by atoms with van der Waals surface area (Å²) in [5, 5.41) is 6.00. The maximum Gasteiger partial charge on any atom is 0.147 e. The molecular weight excluding hydrogens is 258 g/mol. The van der Waals surface area contributed by atoms with Crippen molar-refractivity contribution in [3.8, 4) is 0 Å². The van der Waals surface area contributed by atoms with Gasteiger partial charge in [0.05, 0.1) is 5.69 Å². The molecule has 4 rings (SSSR count). The number of nitrogen functional groups attached to an aromatic ring is 1. The van der Waals surface area contributed by atoms with Gasteiger partial charge in [0.2, 0.25) is 0 Å². The SMILES string of the molecule is Nc1ncccc1Nc1ccc(C2CC2)c2ccccc12. The van der Waals surface area contributed by atoms with Crippen molar-refractivity contribution in [1.82, 2.24) is 4.98 Å². The zero-order chi connectivity index (χ0) is 14.2. The first-order chi connectivity index (χ1) is 10.3. The molecule has 1 aromatic heterocycles. The molecule has 21 heavy (non-hydrogen) atoms. The zero-order valence-electron chi connectivity index (χ0n) is 11.7. The molecule has 1 saturated carbocycles. The lowest BCUT2D eigenvalue weighted by atomic mass is 9.99. The zero-order valence-corrected chi connectivity index (χ0v) is 11.7. The Labute approximate surface area is 123 Å². The van der Waals surface area contributed by atoms with E-state index in [1.54, 1.807) is 6.20 Å². The van der Waals surface area contributed by atoms with Crippen LogP contribution in [0.5, 0.6) is 0 Å². The summed E-state index contributed by atoms with van der Waals surface area (Å²) in [5.74, 6) is 1.26. The first-order valence-corrected chi connectivity index (χ1v) is 7.32. The third-order valence-electron chi connectivity index (χ3n) is 4.08. The highest BCUT2D eigenvalue weighted by Gasteiger charge is 2.25. The Morgan fingerprint density at radius 1 is 0.905 bits per heavy atom. The fourth-order valence-electron chi connectivity index (χ4n) is 2.85. The Morgan fingerprint density at radius 2 is 1.71 bits per heavy atom. The van der Waals surface area contributed by atoms with Crippen molar-refractivity contribution in [3.63, 3.8) is 0 Å². The fraction of sp³-hybridized carbons (Fsp3) is 0.167. The van der Waals surface area contributed by atoms with E-state index in [4.69, 9.17) is 5.73 Å². The van der Waals surface area contributed by atoms with E-state index in [1.807, 2.05) is 12.1 Å². The molecule has 0 unspecified atom stereocenters. The first-order valence-electron chi connectivity index (χ1n) is 7.32.